The Labute approximate surface area is 89.8 Å². The summed E-state index contributed by atoms with van der Waals surface area (Å²) in [4.78, 5) is 10.9. The van der Waals surface area contributed by atoms with Crippen molar-refractivity contribution >= 4 is 5.97 Å². The SMILES string of the molecule is COCC(NC(C)C1CCCO1)C(=O)O. The summed E-state index contributed by atoms with van der Waals surface area (Å²) in [6.45, 7) is 2.90. The van der Waals surface area contributed by atoms with Gasteiger partial charge in [-0.3, -0.25) is 10.1 Å². The fourth-order valence-corrected chi connectivity index (χ4v) is 1.78. The van der Waals surface area contributed by atoms with E-state index in [2.05, 4.69) is 5.32 Å². The first-order valence-electron chi connectivity index (χ1n) is 5.24. The lowest BCUT2D eigenvalue weighted by molar-refractivity contribution is -0.141. The van der Waals surface area contributed by atoms with Gasteiger partial charge in [-0.25, -0.2) is 0 Å². The molecular weight excluding hydrogens is 198 g/mol. The molecule has 0 amide bonds. The molecule has 1 fully saturated rings. The lowest BCUT2D eigenvalue weighted by atomic mass is 10.1. The number of nitrogens with one attached hydrogen (secondary N) is 1. The lowest BCUT2D eigenvalue weighted by Gasteiger charge is -2.23. The van der Waals surface area contributed by atoms with E-state index in [-0.39, 0.29) is 18.8 Å². The van der Waals surface area contributed by atoms with Crippen LogP contribution in [-0.4, -0.2) is 49.6 Å². The van der Waals surface area contributed by atoms with E-state index in [1.165, 1.54) is 7.11 Å². The summed E-state index contributed by atoms with van der Waals surface area (Å²) in [5, 5.41) is 11.9. The minimum Gasteiger partial charge on any atom is -0.480 e. The molecule has 2 N–H and O–H groups in total. The van der Waals surface area contributed by atoms with Gasteiger partial charge >= 0.3 is 5.97 Å². The summed E-state index contributed by atoms with van der Waals surface area (Å²) in [6.07, 6.45) is 2.18. The quantitative estimate of drug-likeness (QED) is 0.667. The van der Waals surface area contributed by atoms with Crippen LogP contribution < -0.4 is 5.32 Å². The number of carboxylic acid groups (broad SMARTS) is 1. The predicted molar refractivity (Wildman–Crippen MR) is 54.9 cm³/mol. The second kappa shape index (κ2) is 6.05. The Bertz CT molecular complexity index is 204. The minimum absolute atomic E-state index is 0.0451. The van der Waals surface area contributed by atoms with Crippen LogP contribution in [0.4, 0.5) is 0 Å². The monoisotopic (exact) mass is 217 g/mol. The number of ether oxygens (including phenoxy) is 2. The molecule has 0 aromatic carbocycles. The van der Waals surface area contributed by atoms with E-state index in [1.807, 2.05) is 6.92 Å². The molecule has 0 aliphatic carbocycles. The molecule has 1 heterocycles. The highest BCUT2D eigenvalue weighted by atomic mass is 16.5. The van der Waals surface area contributed by atoms with Gasteiger partial charge in [0, 0.05) is 19.8 Å². The molecule has 5 nitrogen and oxygen atoms in total. The zero-order chi connectivity index (χ0) is 11.3. The van der Waals surface area contributed by atoms with E-state index in [9.17, 15) is 4.79 Å². The first kappa shape index (κ1) is 12.4. The number of methoxy groups -OCH3 is 1. The average molecular weight is 217 g/mol. The first-order valence-corrected chi connectivity index (χ1v) is 5.24. The van der Waals surface area contributed by atoms with Crippen LogP contribution in [-0.2, 0) is 14.3 Å². The van der Waals surface area contributed by atoms with Crippen LogP contribution in [0.2, 0.25) is 0 Å². The molecule has 1 rings (SSSR count). The molecule has 1 aliphatic rings. The van der Waals surface area contributed by atoms with Crippen molar-refractivity contribution in [1.29, 1.82) is 0 Å². The second-order valence-electron chi connectivity index (χ2n) is 3.85. The number of hydrogen-bond donors (Lipinski definition) is 2. The molecule has 3 unspecified atom stereocenters. The third-order valence-corrected chi connectivity index (χ3v) is 2.62. The highest BCUT2D eigenvalue weighted by Crippen LogP contribution is 2.15. The van der Waals surface area contributed by atoms with Crippen LogP contribution in [0.3, 0.4) is 0 Å². The normalized spacial score (nSPS) is 25.1. The molecule has 0 bridgehead atoms. The van der Waals surface area contributed by atoms with E-state index < -0.39 is 12.0 Å². The maximum absolute atomic E-state index is 10.9. The first-order chi connectivity index (χ1) is 7.15. The van der Waals surface area contributed by atoms with Gasteiger partial charge in [0.2, 0.25) is 0 Å². The third kappa shape index (κ3) is 3.77. The molecule has 0 spiro atoms. The van der Waals surface area contributed by atoms with Crippen LogP contribution in [0.1, 0.15) is 19.8 Å². The lowest BCUT2D eigenvalue weighted by Crippen LogP contribution is -2.49. The van der Waals surface area contributed by atoms with E-state index >= 15 is 0 Å². The summed E-state index contributed by atoms with van der Waals surface area (Å²) in [5.41, 5.74) is 0. The van der Waals surface area contributed by atoms with Crippen LogP contribution >= 0.6 is 0 Å². The zero-order valence-electron chi connectivity index (χ0n) is 9.23. The van der Waals surface area contributed by atoms with Crippen molar-refractivity contribution in [2.24, 2.45) is 0 Å². The Morgan fingerprint density at radius 2 is 2.47 bits per heavy atom. The van der Waals surface area contributed by atoms with Gasteiger partial charge in [-0.1, -0.05) is 0 Å². The summed E-state index contributed by atoms with van der Waals surface area (Å²) in [7, 11) is 1.49. The summed E-state index contributed by atoms with van der Waals surface area (Å²) < 4.78 is 10.3. The Balaban J connectivity index is 2.38. The molecule has 1 saturated heterocycles. The van der Waals surface area contributed by atoms with Gasteiger partial charge in [0.05, 0.1) is 12.7 Å². The van der Waals surface area contributed by atoms with Crippen LogP contribution in [0.5, 0.6) is 0 Å². The van der Waals surface area contributed by atoms with Crippen molar-refractivity contribution < 1.29 is 19.4 Å². The van der Waals surface area contributed by atoms with E-state index in [1.54, 1.807) is 0 Å². The highest BCUT2D eigenvalue weighted by Gasteiger charge is 2.26. The maximum Gasteiger partial charge on any atom is 0.323 e. The van der Waals surface area contributed by atoms with E-state index in [4.69, 9.17) is 14.6 Å². The summed E-state index contributed by atoms with van der Waals surface area (Å²) >= 11 is 0. The molecule has 3 atom stereocenters. The largest absolute Gasteiger partial charge is 0.480 e. The number of carbonyl (C=O) groups is 1. The van der Waals surface area contributed by atoms with Gasteiger partial charge in [-0.2, -0.15) is 0 Å². The smallest absolute Gasteiger partial charge is 0.323 e. The fourth-order valence-electron chi connectivity index (χ4n) is 1.78. The van der Waals surface area contributed by atoms with Crippen molar-refractivity contribution in [3.8, 4) is 0 Å². The van der Waals surface area contributed by atoms with E-state index in [0.29, 0.717) is 0 Å². The zero-order valence-corrected chi connectivity index (χ0v) is 9.23. The standard InChI is InChI=1S/C10H19NO4/c1-7(9-4-3-5-15-9)11-8(6-14-2)10(12)13/h7-9,11H,3-6H2,1-2H3,(H,12,13). The Morgan fingerprint density at radius 1 is 1.73 bits per heavy atom. The molecule has 0 saturated carbocycles. The predicted octanol–water partition coefficient (Wildman–Crippen LogP) is 0.243. The average Bonchev–Trinajstić information content (AvgIpc) is 2.69. The summed E-state index contributed by atoms with van der Waals surface area (Å²) in [5.74, 6) is -0.887. The number of hydrogen-bond acceptors (Lipinski definition) is 4. The molecule has 0 aromatic heterocycles. The van der Waals surface area contributed by atoms with Gasteiger partial charge in [-0.05, 0) is 19.8 Å². The fraction of sp³-hybridized carbons (Fsp3) is 0.900. The Morgan fingerprint density at radius 3 is 2.93 bits per heavy atom. The molecule has 0 aromatic rings. The molecule has 1 aliphatic heterocycles. The van der Waals surface area contributed by atoms with Crippen molar-refractivity contribution in [3.05, 3.63) is 0 Å². The number of aliphatic carboxylic acids is 1. The van der Waals surface area contributed by atoms with Crippen molar-refractivity contribution in [2.45, 2.75) is 38.0 Å². The molecule has 15 heavy (non-hydrogen) atoms. The van der Waals surface area contributed by atoms with Crippen molar-refractivity contribution in [3.63, 3.8) is 0 Å². The van der Waals surface area contributed by atoms with Gasteiger partial charge < -0.3 is 14.6 Å². The van der Waals surface area contributed by atoms with Gasteiger partial charge in [0.15, 0.2) is 0 Å². The topological polar surface area (TPSA) is 67.8 Å². The number of rotatable bonds is 6. The van der Waals surface area contributed by atoms with E-state index in [0.717, 1.165) is 19.4 Å². The minimum atomic E-state index is -0.887. The second-order valence-corrected chi connectivity index (χ2v) is 3.85. The third-order valence-electron chi connectivity index (χ3n) is 2.62. The Kier molecular flexibility index (Phi) is 5.01. The van der Waals surface area contributed by atoms with Crippen LogP contribution in [0, 0.1) is 0 Å². The van der Waals surface area contributed by atoms with Crippen molar-refractivity contribution in [2.75, 3.05) is 20.3 Å². The number of carboxylic acids is 1. The van der Waals surface area contributed by atoms with Gasteiger partial charge in [-0.15, -0.1) is 0 Å². The van der Waals surface area contributed by atoms with Crippen molar-refractivity contribution in [1.82, 2.24) is 5.32 Å². The highest BCUT2D eigenvalue weighted by molar-refractivity contribution is 5.73. The van der Waals surface area contributed by atoms with Crippen LogP contribution in [0.25, 0.3) is 0 Å². The van der Waals surface area contributed by atoms with Gasteiger partial charge in [0.1, 0.15) is 6.04 Å². The Hall–Kier alpha value is -0.650. The maximum atomic E-state index is 10.9. The molecular formula is C10H19NO4. The molecule has 0 radical (unpaired) electrons. The van der Waals surface area contributed by atoms with Gasteiger partial charge in [0.25, 0.3) is 0 Å². The van der Waals surface area contributed by atoms with Crippen LogP contribution in [0.15, 0.2) is 0 Å². The summed E-state index contributed by atoms with van der Waals surface area (Å²) in [6, 6.07) is -0.613. The molecule has 5 heteroatoms. The molecule has 88 valence electrons.